The minimum atomic E-state index is -4.68. The SMILES string of the molecule is CC[C@H](c1cn(-c2ccc(F)c(F)c2)nn1)c1cc(-c2cnc(C(F)(F)F)nc2)c2c(N)ncnn12. The minimum absolute atomic E-state index is 0.103. The summed E-state index contributed by atoms with van der Waals surface area (Å²) in [6.45, 7) is 1.89. The van der Waals surface area contributed by atoms with Gasteiger partial charge in [0.2, 0.25) is 5.82 Å². The van der Waals surface area contributed by atoms with Gasteiger partial charge in [-0.1, -0.05) is 12.1 Å². The summed E-state index contributed by atoms with van der Waals surface area (Å²) in [5, 5.41) is 12.5. The zero-order chi connectivity index (χ0) is 25.6. The van der Waals surface area contributed by atoms with Crippen molar-refractivity contribution in [2.24, 2.45) is 0 Å². The minimum Gasteiger partial charge on any atom is -0.382 e. The highest BCUT2D eigenvalue weighted by Gasteiger charge is 2.34. The molecule has 1 atom stereocenters. The monoisotopic (exact) mass is 501 g/mol. The lowest BCUT2D eigenvalue weighted by atomic mass is 9.98. The smallest absolute Gasteiger partial charge is 0.382 e. The van der Waals surface area contributed by atoms with Gasteiger partial charge in [-0.05, 0) is 24.6 Å². The van der Waals surface area contributed by atoms with Crippen molar-refractivity contribution < 1.29 is 22.0 Å². The van der Waals surface area contributed by atoms with Crippen molar-refractivity contribution in [2.75, 3.05) is 5.73 Å². The number of benzene rings is 1. The van der Waals surface area contributed by atoms with Gasteiger partial charge >= 0.3 is 6.18 Å². The van der Waals surface area contributed by atoms with Crippen molar-refractivity contribution in [2.45, 2.75) is 25.4 Å². The van der Waals surface area contributed by atoms with Gasteiger partial charge in [0, 0.05) is 35.5 Å². The van der Waals surface area contributed by atoms with Gasteiger partial charge in [0.05, 0.1) is 23.3 Å². The Morgan fingerprint density at radius 1 is 1.03 bits per heavy atom. The summed E-state index contributed by atoms with van der Waals surface area (Å²) in [5.74, 6) is -3.56. The largest absolute Gasteiger partial charge is 0.451 e. The molecule has 1 aromatic carbocycles. The van der Waals surface area contributed by atoms with Crippen molar-refractivity contribution in [1.29, 1.82) is 0 Å². The number of alkyl halides is 3. The summed E-state index contributed by atoms with van der Waals surface area (Å²) in [6, 6.07) is 5.05. The Hall–Kier alpha value is -4.49. The lowest BCUT2D eigenvalue weighted by Gasteiger charge is -2.11. The third-order valence-corrected chi connectivity index (χ3v) is 5.63. The van der Waals surface area contributed by atoms with Crippen LogP contribution in [-0.4, -0.2) is 39.6 Å². The molecule has 0 aliphatic rings. The maximum absolute atomic E-state index is 13.7. The molecule has 14 heteroatoms. The summed E-state index contributed by atoms with van der Waals surface area (Å²) in [6.07, 6.45) is 0.787. The number of hydrogen-bond acceptors (Lipinski definition) is 7. The topological polar surface area (TPSA) is 113 Å². The fourth-order valence-electron chi connectivity index (χ4n) is 3.93. The van der Waals surface area contributed by atoms with Crippen LogP contribution >= 0.6 is 0 Å². The van der Waals surface area contributed by atoms with Crippen molar-refractivity contribution >= 4 is 11.3 Å². The number of halogens is 5. The first-order valence-electron chi connectivity index (χ1n) is 10.6. The number of nitrogen functional groups attached to an aromatic ring is 1. The van der Waals surface area contributed by atoms with E-state index in [0.717, 1.165) is 24.5 Å². The van der Waals surface area contributed by atoms with Crippen molar-refractivity contribution in [1.82, 2.24) is 39.6 Å². The molecule has 0 aliphatic carbocycles. The molecule has 4 heterocycles. The first-order valence-corrected chi connectivity index (χ1v) is 10.6. The second kappa shape index (κ2) is 8.62. The Labute approximate surface area is 199 Å². The fraction of sp³-hybridized carbons (Fsp3) is 0.182. The second-order valence-corrected chi connectivity index (χ2v) is 7.83. The molecule has 5 aromatic rings. The van der Waals surface area contributed by atoms with Gasteiger partial charge in [0.25, 0.3) is 0 Å². The molecule has 0 saturated carbocycles. The molecule has 0 unspecified atom stereocenters. The zero-order valence-electron chi connectivity index (χ0n) is 18.4. The van der Waals surface area contributed by atoms with Gasteiger partial charge in [-0.15, -0.1) is 5.10 Å². The average Bonchev–Trinajstić information content (AvgIpc) is 3.48. The van der Waals surface area contributed by atoms with Gasteiger partial charge in [-0.3, -0.25) is 0 Å². The maximum atomic E-state index is 13.7. The van der Waals surface area contributed by atoms with E-state index in [2.05, 4.69) is 30.4 Å². The molecule has 9 nitrogen and oxygen atoms in total. The Kier molecular flexibility index (Phi) is 5.57. The van der Waals surface area contributed by atoms with E-state index in [1.54, 1.807) is 12.3 Å². The van der Waals surface area contributed by atoms with E-state index in [4.69, 9.17) is 5.73 Å². The van der Waals surface area contributed by atoms with Crippen LogP contribution in [0, 0.1) is 11.6 Å². The second-order valence-electron chi connectivity index (χ2n) is 7.83. The van der Waals surface area contributed by atoms with Crippen molar-refractivity contribution in [3.63, 3.8) is 0 Å². The molecule has 0 aliphatic heterocycles. The third kappa shape index (κ3) is 3.99. The lowest BCUT2D eigenvalue weighted by Crippen LogP contribution is -2.10. The summed E-state index contributed by atoms with van der Waals surface area (Å²) in [4.78, 5) is 10.9. The van der Waals surface area contributed by atoms with Gasteiger partial charge in [0.15, 0.2) is 17.5 Å². The van der Waals surface area contributed by atoms with Crippen LogP contribution in [0.3, 0.4) is 0 Å². The summed E-state index contributed by atoms with van der Waals surface area (Å²) in [7, 11) is 0. The third-order valence-electron chi connectivity index (χ3n) is 5.63. The Morgan fingerprint density at radius 3 is 2.44 bits per heavy atom. The highest BCUT2D eigenvalue weighted by molar-refractivity contribution is 5.88. The Morgan fingerprint density at radius 2 is 1.78 bits per heavy atom. The van der Waals surface area contributed by atoms with E-state index >= 15 is 0 Å². The van der Waals surface area contributed by atoms with Crippen molar-refractivity contribution in [3.05, 3.63) is 78.0 Å². The van der Waals surface area contributed by atoms with Crippen LogP contribution in [0.5, 0.6) is 0 Å². The molecular weight excluding hydrogens is 485 g/mol. The lowest BCUT2D eigenvalue weighted by molar-refractivity contribution is -0.144. The average molecular weight is 501 g/mol. The molecule has 5 rings (SSSR count). The molecule has 4 aromatic heterocycles. The van der Waals surface area contributed by atoms with Crippen LogP contribution in [0.15, 0.2) is 49.2 Å². The molecule has 0 amide bonds. The number of anilines is 1. The number of nitrogens with two attached hydrogens (primary N) is 1. The maximum Gasteiger partial charge on any atom is 0.451 e. The van der Waals surface area contributed by atoms with Crippen LogP contribution in [0.2, 0.25) is 0 Å². The quantitative estimate of drug-likeness (QED) is 0.360. The first kappa shape index (κ1) is 23.3. The predicted molar refractivity (Wildman–Crippen MR) is 117 cm³/mol. The van der Waals surface area contributed by atoms with Gasteiger partial charge in [-0.2, -0.15) is 18.3 Å². The van der Waals surface area contributed by atoms with Crippen LogP contribution in [0.1, 0.15) is 36.5 Å². The molecular formula is C22H16F5N9. The van der Waals surface area contributed by atoms with E-state index in [1.807, 2.05) is 6.92 Å². The number of aromatic nitrogens is 8. The summed E-state index contributed by atoms with van der Waals surface area (Å²) >= 11 is 0. The van der Waals surface area contributed by atoms with Gasteiger partial charge in [-0.25, -0.2) is 32.9 Å². The van der Waals surface area contributed by atoms with E-state index in [-0.39, 0.29) is 17.1 Å². The highest BCUT2D eigenvalue weighted by Crippen LogP contribution is 2.36. The van der Waals surface area contributed by atoms with Gasteiger partial charge in [0.1, 0.15) is 11.8 Å². The highest BCUT2D eigenvalue weighted by atomic mass is 19.4. The van der Waals surface area contributed by atoms with Crippen molar-refractivity contribution in [3.8, 4) is 16.8 Å². The van der Waals surface area contributed by atoms with E-state index < -0.39 is 29.6 Å². The molecule has 2 N–H and O–H groups in total. The fourth-order valence-corrected chi connectivity index (χ4v) is 3.93. The molecule has 0 radical (unpaired) electrons. The zero-order valence-corrected chi connectivity index (χ0v) is 18.4. The van der Waals surface area contributed by atoms with Crippen LogP contribution in [0.4, 0.5) is 27.8 Å². The molecule has 0 spiro atoms. The Balaban J connectivity index is 1.60. The molecule has 0 bridgehead atoms. The molecule has 0 saturated heterocycles. The molecule has 36 heavy (non-hydrogen) atoms. The predicted octanol–water partition coefficient (Wildman–Crippen LogP) is 4.19. The van der Waals surface area contributed by atoms with E-state index in [1.165, 1.54) is 21.6 Å². The summed E-state index contributed by atoms with van der Waals surface area (Å²) < 4.78 is 68.6. The number of rotatable bonds is 5. The number of nitrogens with zero attached hydrogens (tertiary/aromatic N) is 8. The Bertz CT molecular complexity index is 1560. The molecule has 184 valence electrons. The molecule has 0 fully saturated rings. The number of hydrogen-bond donors (Lipinski definition) is 1. The standard InChI is InChI=1S/C22H16F5N9/c1-2-13(17-9-35(34-33-17)12-3-4-15(23)16(24)5-12)18-6-14(19-20(28)31-10-32-36(18)19)11-7-29-21(30-8-11)22(25,26)27/h3-10,13H,2H2,1H3,(H2,28,31,32)/t13-/m1/s1. The summed E-state index contributed by atoms with van der Waals surface area (Å²) in [5.41, 5.74) is 8.56. The number of fused-ring (bicyclic) bond motifs is 1. The van der Waals surface area contributed by atoms with E-state index in [0.29, 0.717) is 28.9 Å². The normalized spacial score (nSPS) is 12.8. The van der Waals surface area contributed by atoms with Crippen LogP contribution in [-0.2, 0) is 6.18 Å². The van der Waals surface area contributed by atoms with Crippen LogP contribution in [0.25, 0.3) is 22.3 Å². The van der Waals surface area contributed by atoms with Crippen LogP contribution < -0.4 is 5.73 Å². The van der Waals surface area contributed by atoms with Gasteiger partial charge < -0.3 is 5.73 Å². The first-order chi connectivity index (χ1) is 17.2. The van der Waals surface area contributed by atoms with E-state index in [9.17, 15) is 22.0 Å².